The molecule has 2 aromatic rings. The molecule has 0 radical (unpaired) electrons. The Morgan fingerprint density at radius 3 is 2.50 bits per heavy atom. The van der Waals surface area contributed by atoms with Gasteiger partial charge in [0.15, 0.2) is 0 Å². The summed E-state index contributed by atoms with van der Waals surface area (Å²) in [5.74, 6) is -0.206. The number of halogens is 2. The van der Waals surface area contributed by atoms with Crippen molar-refractivity contribution in [2.45, 2.75) is 32.0 Å². The number of likely N-dealkylation sites (tertiary alicyclic amines) is 1. The largest absolute Gasteiger partial charge is 0.383 e. The summed E-state index contributed by atoms with van der Waals surface area (Å²) in [5, 5.41) is 4.17. The van der Waals surface area contributed by atoms with Gasteiger partial charge in [0.05, 0.1) is 0 Å². The highest BCUT2D eigenvalue weighted by atomic mass is 35.5. The topological polar surface area (TPSA) is 15.3 Å². The maximum atomic E-state index is 13.0. The summed E-state index contributed by atoms with van der Waals surface area (Å²) in [6.45, 7) is 6.87. The zero-order valence-corrected chi connectivity index (χ0v) is 14.4. The monoisotopic (exact) mass is 344 g/mol. The van der Waals surface area contributed by atoms with Crippen molar-refractivity contribution in [3.05, 3.63) is 82.8 Å². The molecule has 0 amide bonds. The van der Waals surface area contributed by atoms with Crippen LogP contribution < -0.4 is 5.32 Å². The molecule has 4 heteroatoms. The Labute approximate surface area is 147 Å². The van der Waals surface area contributed by atoms with E-state index >= 15 is 0 Å². The highest BCUT2D eigenvalue weighted by Crippen LogP contribution is 2.24. The van der Waals surface area contributed by atoms with Crippen molar-refractivity contribution in [3.8, 4) is 0 Å². The van der Waals surface area contributed by atoms with Gasteiger partial charge in [-0.1, -0.05) is 42.4 Å². The highest BCUT2D eigenvalue weighted by molar-refractivity contribution is 6.30. The summed E-state index contributed by atoms with van der Waals surface area (Å²) in [6, 6.07) is 14.9. The standard InChI is InChI=1S/C20H22ClFN2/c1-15(23-13-16-6-10-19(22)11-7-16)20-3-2-12-24(20)14-17-4-8-18(21)9-5-17/h4-11,20,23H,1-3,12-14H2/t20-/m1/s1. The third-order valence-corrected chi connectivity index (χ3v) is 4.75. The van der Waals surface area contributed by atoms with Crippen LogP contribution in [0.15, 0.2) is 60.8 Å². The van der Waals surface area contributed by atoms with Crippen LogP contribution in [0.4, 0.5) is 4.39 Å². The van der Waals surface area contributed by atoms with E-state index in [-0.39, 0.29) is 5.82 Å². The molecule has 1 heterocycles. The molecule has 0 saturated carbocycles. The number of hydrogen-bond donors (Lipinski definition) is 1. The third kappa shape index (κ3) is 4.37. The van der Waals surface area contributed by atoms with E-state index in [2.05, 4.69) is 28.9 Å². The maximum absolute atomic E-state index is 13.0. The first-order valence-corrected chi connectivity index (χ1v) is 8.65. The molecule has 0 unspecified atom stereocenters. The van der Waals surface area contributed by atoms with Gasteiger partial charge in [0, 0.05) is 29.9 Å². The molecule has 2 nitrogen and oxygen atoms in total. The number of benzene rings is 2. The molecule has 0 bridgehead atoms. The summed E-state index contributed by atoms with van der Waals surface area (Å²) in [7, 11) is 0. The molecule has 126 valence electrons. The quantitative estimate of drug-likeness (QED) is 0.813. The van der Waals surface area contributed by atoms with Crippen molar-refractivity contribution in [3.63, 3.8) is 0 Å². The Bertz CT molecular complexity index is 682. The van der Waals surface area contributed by atoms with E-state index < -0.39 is 0 Å². The molecule has 24 heavy (non-hydrogen) atoms. The molecule has 2 aromatic carbocycles. The minimum Gasteiger partial charge on any atom is -0.383 e. The second kappa shape index (κ2) is 7.82. The van der Waals surface area contributed by atoms with Gasteiger partial charge in [-0.2, -0.15) is 0 Å². The number of nitrogens with zero attached hydrogens (tertiary/aromatic N) is 1. The molecule has 0 aromatic heterocycles. The van der Waals surface area contributed by atoms with Crippen molar-refractivity contribution in [2.75, 3.05) is 6.54 Å². The molecule has 1 atom stereocenters. The van der Waals surface area contributed by atoms with Crippen molar-refractivity contribution >= 4 is 11.6 Å². The summed E-state index contributed by atoms with van der Waals surface area (Å²) < 4.78 is 13.0. The number of nitrogens with one attached hydrogen (secondary N) is 1. The van der Waals surface area contributed by atoms with Gasteiger partial charge in [-0.25, -0.2) is 4.39 Å². The molecule has 1 saturated heterocycles. The molecular weight excluding hydrogens is 323 g/mol. The zero-order chi connectivity index (χ0) is 16.9. The summed E-state index contributed by atoms with van der Waals surface area (Å²) in [6.07, 6.45) is 2.29. The van der Waals surface area contributed by atoms with Gasteiger partial charge in [-0.15, -0.1) is 0 Å². The predicted octanol–water partition coefficient (Wildman–Crippen LogP) is 4.75. The minimum atomic E-state index is -0.206. The van der Waals surface area contributed by atoms with E-state index in [0.717, 1.165) is 35.8 Å². The molecular formula is C20H22ClFN2. The third-order valence-electron chi connectivity index (χ3n) is 4.50. The van der Waals surface area contributed by atoms with Crippen LogP contribution in [0.3, 0.4) is 0 Å². The van der Waals surface area contributed by atoms with Crippen LogP contribution in [-0.2, 0) is 13.1 Å². The zero-order valence-electron chi connectivity index (χ0n) is 13.6. The van der Waals surface area contributed by atoms with E-state index in [1.54, 1.807) is 12.1 Å². The fourth-order valence-corrected chi connectivity index (χ4v) is 3.30. The fraction of sp³-hybridized carbons (Fsp3) is 0.300. The smallest absolute Gasteiger partial charge is 0.123 e. The van der Waals surface area contributed by atoms with E-state index in [1.807, 2.05) is 12.1 Å². The van der Waals surface area contributed by atoms with Crippen LogP contribution in [0.5, 0.6) is 0 Å². The second-order valence-corrected chi connectivity index (χ2v) is 6.70. The van der Waals surface area contributed by atoms with Crippen LogP contribution in [0.25, 0.3) is 0 Å². The lowest BCUT2D eigenvalue weighted by Crippen LogP contribution is -2.35. The first kappa shape index (κ1) is 17.0. The Morgan fingerprint density at radius 1 is 1.12 bits per heavy atom. The molecule has 0 aliphatic carbocycles. The summed E-state index contributed by atoms with van der Waals surface area (Å²) >= 11 is 5.96. The van der Waals surface area contributed by atoms with Crippen LogP contribution in [0.2, 0.25) is 5.02 Å². The Hall–Kier alpha value is -1.84. The fourth-order valence-electron chi connectivity index (χ4n) is 3.17. The van der Waals surface area contributed by atoms with Gasteiger partial charge in [0.1, 0.15) is 5.82 Å². The lowest BCUT2D eigenvalue weighted by atomic mass is 10.1. The van der Waals surface area contributed by atoms with Gasteiger partial charge in [-0.05, 0) is 54.8 Å². The van der Waals surface area contributed by atoms with Crippen LogP contribution in [-0.4, -0.2) is 17.5 Å². The summed E-state index contributed by atoms with van der Waals surface area (Å²) in [4.78, 5) is 2.45. The number of hydrogen-bond acceptors (Lipinski definition) is 2. The average molecular weight is 345 g/mol. The lowest BCUT2D eigenvalue weighted by molar-refractivity contribution is 0.265. The molecule has 3 rings (SSSR count). The van der Waals surface area contributed by atoms with Crippen molar-refractivity contribution < 1.29 is 4.39 Å². The van der Waals surface area contributed by atoms with Crippen LogP contribution >= 0.6 is 11.6 Å². The highest BCUT2D eigenvalue weighted by Gasteiger charge is 2.26. The van der Waals surface area contributed by atoms with Gasteiger partial charge >= 0.3 is 0 Å². The van der Waals surface area contributed by atoms with Crippen molar-refractivity contribution in [1.82, 2.24) is 10.2 Å². The molecule has 1 aliphatic heterocycles. The van der Waals surface area contributed by atoms with Crippen molar-refractivity contribution in [1.29, 1.82) is 0 Å². The van der Waals surface area contributed by atoms with E-state index in [0.29, 0.717) is 12.6 Å². The minimum absolute atomic E-state index is 0.206. The molecule has 0 spiro atoms. The molecule has 1 fully saturated rings. The van der Waals surface area contributed by atoms with Crippen LogP contribution in [0.1, 0.15) is 24.0 Å². The maximum Gasteiger partial charge on any atom is 0.123 e. The summed E-state index contributed by atoms with van der Waals surface area (Å²) in [5.41, 5.74) is 3.35. The van der Waals surface area contributed by atoms with E-state index in [9.17, 15) is 4.39 Å². The van der Waals surface area contributed by atoms with Gasteiger partial charge in [0.2, 0.25) is 0 Å². The predicted molar refractivity (Wildman–Crippen MR) is 97.3 cm³/mol. The van der Waals surface area contributed by atoms with Gasteiger partial charge < -0.3 is 5.32 Å². The van der Waals surface area contributed by atoms with E-state index in [4.69, 9.17) is 11.6 Å². The lowest BCUT2D eigenvalue weighted by Gasteiger charge is -2.27. The molecule has 1 N–H and O–H groups in total. The van der Waals surface area contributed by atoms with E-state index in [1.165, 1.54) is 24.1 Å². The average Bonchev–Trinajstić information content (AvgIpc) is 3.04. The number of rotatable bonds is 6. The van der Waals surface area contributed by atoms with Gasteiger partial charge in [0.25, 0.3) is 0 Å². The Morgan fingerprint density at radius 2 is 1.79 bits per heavy atom. The Balaban J connectivity index is 1.56. The first-order chi connectivity index (χ1) is 11.6. The molecule has 1 aliphatic rings. The Kier molecular flexibility index (Phi) is 5.54. The van der Waals surface area contributed by atoms with Crippen LogP contribution in [0, 0.1) is 5.82 Å². The second-order valence-electron chi connectivity index (χ2n) is 6.26. The SMILES string of the molecule is C=C(NCc1ccc(F)cc1)[C@H]1CCCN1Cc1ccc(Cl)cc1. The van der Waals surface area contributed by atoms with Crippen molar-refractivity contribution in [2.24, 2.45) is 0 Å². The first-order valence-electron chi connectivity index (χ1n) is 8.27. The normalized spacial score (nSPS) is 17.8. The van der Waals surface area contributed by atoms with Gasteiger partial charge in [-0.3, -0.25) is 4.90 Å².